The molecule has 0 N–H and O–H groups in total. The van der Waals surface area contributed by atoms with Crippen LogP contribution in [-0.2, 0) is 0 Å². The van der Waals surface area contributed by atoms with Crippen LogP contribution in [0.15, 0.2) is 0 Å². The van der Waals surface area contributed by atoms with Gasteiger partial charge in [0.2, 0.25) is 0 Å². The fourth-order valence-corrected chi connectivity index (χ4v) is 3.62. The first-order valence-electron chi connectivity index (χ1n) is 7.50. The molecule has 0 radical (unpaired) electrons. The van der Waals surface area contributed by atoms with Crippen molar-refractivity contribution in [3.8, 4) is 0 Å². The molecule has 0 aliphatic carbocycles. The molecule has 0 fully saturated rings. The summed E-state index contributed by atoms with van der Waals surface area (Å²) in [5.41, 5.74) is 0. The summed E-state index contributed by atoms with van der Waals surface area (Å²) in [6.45, 7) is 4.58. The smallest absolute Gasteiger partial charge is 0.0672 e. The van der Waals surface area contributed by atoms with E-state index in [-0.39, 0.29) is 0 Å². The van der Waals surface area contributed by atoms with E-state index in [1.807, 2.05) is 0 Å². The molecule has 104 valence electrons. The molecule has 0 rings (SSSR count). The van der Waals surface area contributed by atoms with Gasteiger partial charge in [-0.2, -0.15) is 0 Å². The van der Waals surface area contributed by atoms with Crippen LogP contribution in [0.25, 0.3) is 0 Å². The standard InChI is InChI=1S/C15H30I2/c1-3-5-7-9-11-13-15(16,17)14-12-10-8-6-4-2/h3-14H2,1-2H3. The maximum atomic E-state index is 2.68. The van der Waals surface area contributed by atoms with Crippen LogP contribution in [0.4, 0.5) is 0 Å². The van der Waals surface area contributed by atoms with Gasteiger partial charge in [-0.15, -0.1) is 0 Å². The molecule has 0 nitrogen and oxygen atoms in total. The van der Waals surface area contributed by atoms with Crippen LogP contribution in [0, 0.1) is 0 Å². The molecule has 0 aliphatic rings. The van der Waals surface area contributed by atoms with E-state index in [4.69, 9.17) is 0 Å². The van der Waals surface area contributed by atoms with Crippen LogP contribution in [-0.4, -0.2) is 1.43 Å². The van der Waals surface area contributed by atoms with Gasteiger partial charge in [-0.3, -0.25) is 0 Å². The molecule has 0 amide bonds. The highest BCUT2D eigenvalue weighted by Gasteiger charge is 2.20. The summed E-state index contributed by atoms with van der Waals surface area (Å²) in [4.78, 5) is 0. The maximum absolute atomic E-state index is 2.68. The zero-order valence-electron chi connectivity index (χ0n) is 11.7. The van der Waals surface area contributed by atoms with Gasteiger partial charge in [-0.1, -0.05) is 123 Å². The highest BCUT2D eigenvalue weighted by Crippen LogP contribution is 2.38. The normalized spacial score (nSPS) is 12.0. The first-order valence-corrected chi connectivity index (χ1v) is 9.66. The van der Waals surface area contributed by atoms with Crippen molar-refractivity contribution in [3.63, 3.8) is 0 Å². The van der Waals surface area contributed by atoms with Gasteiger partial charge in [0.15, 0.2) is 0 Å². The highest BCUT2D eigenvalue weighted by atomic mass is 127. The molecular weight excluding hydrogens is 434 g/mol. The molecule has 17 heavy (non-hydrogen) atoms. The van der Waals surface area contributed by atoms with Gasteiger partial charge < -0.3 is 0 Å². The summed E-state index contributed by atoms with van der Waals surface area (Å²) in [5.74, 6) is 0. The molecule has 0 aromatic rings. The average molecular weight is 464 g/mol. The summed E-state index contributed by atoms with van der Waals surface area (Å²) in [6, 6.07) is 0. The van der Waals surface area contributed by atoms with Crippen molar-refractivity contribution in [3.05, 3.63) is 0 Å². The van der Waals surface area contributed by atoms with Crippen LogP contribution >= 0.6 is 45.2 Å². The molecule has 0 atom stereocenters. The lowest BCUT2D eigenvalue weighted by atomic mass is 10.0. The summed E-state index contributed by atoms with van der Waals surface area (Å²) >= 11 is 5.37. The number of hydrogen-bond acceptors (Lipinski definition) is 0. The Bertz CT molecular complexity index is 139. The molecule has 2 heteroatoms. The summed E-state index contributed by atoms with van der Waals surface area (Å²) in [6.07, 6.45) is 17.0. The van der Waals surface area contributed by atoms with Gasteiger partial charge in [0.25, 0.3) is 0 Å². The molecule has 0 aromatic heterocycles. The first kappa shape index (κ1) is 18.5. The predicted molar refractivity (Wildman–Crippen MR) is 97.5 cm³/mol. The fourth-order valence-electron chi connectivity index (χ4n) is 2.10. The van der Waals surface area contributed by atoms with Crippen LogP contribution in [0.1, 0.15) is 90.9 Å². The SMILES string of the molecule is CCCCCCCC(I)(I)CCCCCCC. The van der Waals surface area contributed by atoms with Crippen LogP contribution in [0.2, 0.25) is 0 Å². The van der Waals surface area contributed by atoms with Gasteiger partial charge in [-0.25, -0.2) is 0 Å². The van der Waals surface area contributed by atoms with Crippen molar-refractivity contribution >= 4 is 45.2 Å². The lowest BCUT2D eigenvalue weighted by molar-refractivity contribution is 0.552. The predicted octanol–water partition coefficient (Wildman–Crippen LogP) is 7.27. The van der Waals surface area contributed by atoms with Crippen molar-refractivity contribution in [2.45, 2.75) is 92.3 Å². The van der Waals surface area contributed by atoms with Gasteiger partial charge >= 0.3 is 0 Å². The van der Waals surface area contributed by atoms with E-state index in [0.717, 1.165) is 0 Å². The minimum absolute atomic E-state index is 0.536. The van der Waals surface area contributed by atoms with E-state index >= 15 is 0 Å². The zero-order valence-corrected chi connectivity index (χ0v) is 16.1. The largest absolute Gasteiger partial charge is 0.0734 e. The summed E-state index contributed by atoms with van der Waals surface area (Å²) in [5, 5.41) is 0. The van der Waals surface area contributed by atoms with E-state index in [1.54, 1.807) is 0 Å². The zero-order chi connectivity index (χ0) is 13.0. The minimum Gasteiger partial charge on any atom is -0.0672 e. The third-order valence-corrected chi connectivity index (χ3v) is 5.45. The maximum Gasteiger partial charge on any atom is 0.0734 e. The Hall–Kier alpha value is 1.46. The van der Waals surface area contributed by atoms with E-state index in [1.165, 1.54) is 77.0 Å². The van der Waals surface area contributed by atoms with Gasteiger partial charge in [0.05, 0.1) is 1.43 Å². The summed E-state index contributed by atoms with van der Waals surface area (Å²) < 4.78 is 0.536. The quantitative estimate of drug-likeness (QED) is 0.162. The Balaban J connectivity index is 3.38. The lowest BCUT2D eigenvalue weighted by Crippen LogP contribution is -2.10. The van der Waals surface area contributed by atoms with Crippen molar-refractivity contribution in [1.82, 2.24) is 0 Å². The van der Waals surface area contributed by atoms with Gasteiger partial charge in [0, 0.05) is 0 Å². The number of rotatable bonds is 12. The molecule has 0 bridgehead atoms. The van der Waals surface area contributed by atoms with Gasteiger partial charge in [-0.05, 0) is 12.8 Å². The van der Waals surface area contributed by atoms with Crippen LogP contribution in [0.3, 0.4) is 0 Å². The molecule has 0 spiro atoms. The topological polar surface area (TPSA) is 0 Å². The second-order valence-corrected chi connectivity index (χ2v) is 11.4. The first-order chi connectivity index (χ1) is 8.12. The van der Waals surface area contributed by atoms with Crippen LogP contribution in [0.5, 0.6) is 0 Å². The Labute approximate surface area is 136 Å². The average Bonchev–Trinajstić information content (AvgIpc) is 2.28. The van der Waals surface area contributed by atoms with E-state index < -0.39 is 0 Å². The highest BCUT2D eigenvalue weighted by molar-refractivity contribution is 14.2. The summed E-state index contributed by atoms with van der Waals surface area (Å²) in [7, 11) is 0. The van der Waals surface area contributed by atoms with E-state index in [9.17, 15) is 0 Å². The Morgan fingerprint density at radius 3 is 1.29 bits per heavy atom. The second kappa shape index (κ2) is 12.5. The molecule has 0 heterocycles. The van der Waals surface area contributed by atoms with Crippen molar-refractivity contribution in [1.29, 1.82) is 0 Å². The number of hydrogen-bond donors (Lipinski definition) is 0. The van der Waals surface area contributed by atoms with E-state index in [0.29, 0.717) is 1.43 Å². The fraction of sp³-hybridized carbons (Fsp3) is 1.00. The monoisotopic (exact) mass is 464 g/mol. The van der Waals surface area contributed by atoms with Gasteiger partial charge in [0.1, 0.15) is 0 Å². The Morgan fingerprint density at radius 1 is 0.588 bits per heavy atom. The Kier molecular flexibility index (Phi) is 13.6. The lowest BCUT2D eigenvalue weighted by Gasteiger charge is -2.20. The molecule has 0 saturated carbocycles. The van der Waals surface area contributed by atoms with Crippen molar-refractivity contribution in [2.75, 3.05) is 0 Å². The second-order valence-electron chi connectivity index (χ2n) is 5.18. The third kappa shape index (κ3) is 13.7. The number of unbranched alkanes of at least 4 members (excludes halogenated alkanes) is 8. The molecule has 0 aromatic carbocycles. The van der Waals surface area contributed by atoms with Crippen molar-refractivity contribution in [2.24, 2.45) is 0 Å². The molecule has 0 aliphatic heterocycles. The number of halogens is 2. The molecular formula is C15H30I2. The van der Waals surface area contributed by atoms with Crippen LogP contribution < -0.4 is 0 Å². The molecule has 0 unspecified atom stereocenters. The van der Waals surface area contributed by atoms with Crippen molar-refractivity contribution < 1.29 is 0 Å². The third-order valence-electron chi connectivity index (χ3n) is 3.29. The number of alkyl halides is 2. The molecule has 0 saturated heterocycles. The van der Waals surface area contributed by atoms with E-state index in [2.05, 4.69) is 59.0 Å². The Morgan fingerprint density at radius 2 is 0.941 bits per heavy atom. The minimum atomic E-state index is 0.536.